The number of carbonyl (C=O) groups is 2. The van der Waals surface area contributed by atoms with Crippen LogP contribution in [0.4, 0.5) is 4.39 Å². The van der Waals surface area contributed by atoms with Gasteiger partial charge in [-0.2, -0.15) is 0 Å². The molecular formula is C12H15FN2O2. The fourth-order valence-electron chi connectivity index (χ4n) is 1.31. The van der Waals surface area contributed by atoms with Gasteiger partial charge >= 0.3 is 0 Å². The summed E-state index contributed by atoms with van der Waals surface area (Å²) in [5.41, 5.74) is 0.801. The van der Waals surface area contributed by atoms with E-state index in [2.05, 4.69) is 10.6 Å². The topological polar surface area (TPSA) is 58.2 Å². The largest absolute Gasteiger partial charge is 0.350 e. The van der Waals surface area contributed by atoms with Crippen molar-refractivity contribution in [3.8, 4) is 0 Å². The standard InChI is InChI=1S/C12H15FN2O2/c1-8(15-9(2)16)12(17)14-7-10-3-5-11(13)6-4-10/h3-6,8H,7H2,1-2H3,(H,14,17)(H,15,16)/t8-/m0/s1. The van der Waals surface area contributed by atoms with Crippen molar-refractivity contribution in [2.75, 3.05) is 0 Å². The van der Waals surface area contributed by atoms with Gasteiger partial charge in [0.15, 0.2) is 0 Å². The van der Waals surface area contributed by atoms with Gasteiger partial charge in [0.2, 0.25) is 11.8 Å². The van der Waals surface area contributed by atoms with Crippen molar-refractivity contribution in [2.24, 2.45) is 0 Å². The molecular weight excluding hydrogens is 223 g/mol. The average Bonchev–Trinajstić information content (AvgIpc) is 2.27. The monoisotopic (exact) mass is 238 g/mol. The minimum atomic E-state index is -0.576. The van der Waals surface area contributed by atoms with Gasteiger partial charge in [0.1, 0.15) is 11.9 Å². The van der Waals surface area contributed by atoms with E-state index in [1.165, 1.54) is 19.1 Å². The van der Waals surface area contributed by atoms with Gasteiger partial charge in [0, 0.05) is 13.5 Å². The molecule has 5 heteroatoms. The summed E-state index contributed by atoms with van der Waals surface area (Å²) in [5, 5.41) is 5.12. The second kappa shape index (κ2) is 5.98. The molecule has 1 rings (SSSR count). The molecule has 0 radical (unpaired) electrons. The first-order chi connectivity index (χ1) is 7.99. The van der Waals surface area contributed by atoms with E-state index >= 15 is 0 Å². The lowest BCUT2D eigenvalue weighted by molar-refractivity contribution is -0.127. The first-order valence-corrected chi connectivity index (χ1v) is 5.28. The van der Waals surface area contributed by atoms with Crippen LogP contribution in [0.2, 0.25) is 0 Å². The fourth-order valence-corrected chi connectivity index (χ4v) is 1.31. The Morgan fingerprint density at radius 1 is 1.29 bits per heavy atom. The predicted octanol–water partition coefficient (Wildman–Crippen LogP) is 0.966. The number of amides is 2. The normalized spacial score (nSPS) is 11.7. The van der Waals surface area contributed by atoms with E-state index in [4.69, 9.17) is 0 Å². The molecule has 1 aromatic rings. The van der Waals surface area contributed by atoms with Gasteiger partial charge < -0.3 is 10.6 Å². The Bertz CT molecular complexity index is 403. The van der Waals surface area contributed by atoms with E-state index in [0.717, 1.165) is 5.56 Å². The van der Waals surface area contributed by atoms with Crippen LogP contribution >= 0.6 is 0 Å². The Hall–Kier alpha value is -1.91. The van der Waals surface area contributed by atoms with Crippen molar-refractivity contribution >= 4 is 11.8 Å². The lowest BCUT2D eigenvalue weighted by Crippen LogP contribution is -2.43. The molecule has 0 aliphatic rings. The highest BCUT2D eigenvalue weighted by molar-refractivity contribution is 5.86. The zero-order chi connectivity index (χ0) is 12.8. The van der Waals surface area contributed by atoms with Crippen LogP contribution in [0.3, 0.4) is 0 Å². The third-order valence-corrected chi connectivity index (χ3v) is 2.19. The Morgan fingerprint density at radius 3 is 2.41 bits per heavy atom. The molecule has 0 unspecified atom stereocenters. The maximum atomic E-state index is 12.6. The summed E-state index contributed by atoms with van der Waals surface area (Å²) in [7, 11) is 0. The molecule has 1 aromatic carbocycles. The van der Waals surface area contributed by atoms with Crippen molar-refractivity contribution in [2.45, 2.75) is 26.4 Å². The molecule has 4 nitrogen and oxygen atoms in total. The predicted molar refractivity (Wildman–Crippen MR) is 61.5 cm³/mol. The highest BCUT2D eigenvalue weighted by Crippen LogP contribution is 2.02. The molecule has 0 saturated heterocycles. The first kappa shape index (κ1) is 13.2. The molecule has 0 spiro atoms. The maximum Gasteiger partial charge on any atom is 0.242 e. The highest BCUT2D eigenvalue weighted by atomic mass is 19.1. The molecule has 1 atom stereocenters. The van der Waals surface area contributed by atoms with Crippen molar-refractivity contribution in [3.63, 3.8) is 0 Å². The minimum Gasteiger partial charge on any atom is -0.350 e. The smallest absolute Gasteiger partial charge is 0.242 e. The van der Waals surface area contributed by atoms with E-state index in [1.807, 2.05) is 0 Å². The van der Waals surface area contributed by atoms with Crippen LogP contribution in [0.25, 0.3) is 0 Å². The average molecular weight is 238 g/mol. The van der Waals surface area contributed by atoms with Crippen molar-refractivity contribution in [3.05, 3.63) is 35.6 Å². The molecule has 0 aliphatic heterocycles. The summed E-state index contributed by atoms with van der Waals surface area (Å²) in [5.74, 6) is -0.842. The summed E-state index contributed by atoms with van der Waals surface area (Å²) in [6.07, 6.45) is 0. The van der Waals surface area contributed by atoms with E-state index in [-0.39, 0.29) is 17.6 Å². The second-order valence-electron chi connectivity index (χ2n) is 3.77. The van der Waals surface area contributed by atoms with Crippen LogP contribution < -0.4 is 10.6 Å². The van der Waals surface area contributed by atoms with Crippen LogP contribution in [-0.2, 0) is 16.1 Å². The third-order valence-electron chi connectivity index (χ3n) is 2.19. The summed E-state index contributed by atoms with van der Waals surface area (Å²) < 4.78 is 12.6. The first-order valence-electron chi connectivity index (χ1n) is 5.28. The van der Waals surface area contributed by atoms with Crippen LogP contribution in [0.15, 0.2) is 24.3 Å². The molecule has 0 saturated carbocycles. The van der Waals surface area contributed by atoms with Crippen LogP contribution in [0.5, 0.6) is 0 Å². The minimum absolute atomic E-state index is 0.255. The van der Waals surface area contributed by atoms with Gasteiger partial charge in [0.25, 0.3) is 0 Å². The fraction of sp³-hybridized carbons (Fsp3) is 0.333. The molecule has 92 valence electrons. The highest BCUT2D eigenvalue weighted by Gasteiger charge is 2.12. The van der Waals surface area contributed by atoms with Gasteiger partial charge in [-0.1, -0.05) is 12.1 Å². The Balaban J connectivity index is 2.42. The Kier molecular flexibility index (Phi) is 4.63. The Morgan fingerprint density at radius 2 is 1.88 bits per heavy atom. The van der Waals surface area contributed by atoms with Gasteiger partial charge in [-0.15, -0.1) is 0 Å². The number of halogens is 1. The number of rotatable bonds is 4. The van der Waals surface area contributed by atoms with E-state index < -0.39 is 6.04 Å². The third kappa shape index (κ3) is 4.63. The number of hydrogen-bond donors (Lipinski definition) is 2. The van der Waals surface area contributed by atoms with Gasteiger partial charge in [-0.25, -0.2) is 4.39 Å². The SMILES string of the molecule is CC(=O)N[C@@H](C)C(=O)NCc1ccc(F)cc1. The summed E-state index contributed by atoms with van der Waals surface area (Å²) in [6, 6.07) is 5.28. The molecule has 2 amide bonds. The molecule has 0 fully saturated rings. The van der Waals surface area contributed by atoms with Crippen molar-refractivity contribution in [1.29, 1.82) is 0 Å². The summed E-state index contributed by atoms with van der Waals surface area (Å²) in [4.78, 5) is 22.3. The van der Waals surface area contributed by atoms with E-state index in [0.29, 0.717) is 6.54 Å². The van der Waals surface area contributed by atoms with Gasteiger partial charge in [0.05, 0.1) is 0 Å². The molecule has 2 N–H and O–H groups in total. The number of carbonyl (C=O) groups excluding carboxylic acids is 2. The number of benzene rings is 1. The van der Waals surface area contributed by atoms with Crippen LogP contribution in [0, 0.1) is 5.82 Å². The molecule has 0 heterocycles. The lowest BCUT2D eigenvalue weighted by Gasteiger charge is -2.12. The van der Waals surface area contributed by atoms with Crippen LogP contribution in [-0.4, -0.2) is 17.9 Å². The second-order valence-corrected chi connectivity index (χ2v) is 3.77. The number of nitrogens with one attached hydrogen (secondary N) is 2. The molecule has 0 bridgehead atoms. The zero-order valence-electron chi connectivity index (χ0n) is 9.79. The lowest BCUT2D eigenvalue weighted by atomic mass is 10.2. The summed E-state index contributed by atoms with van der Waals surface area (Å²) >= 11 is 0. The van der Waals surface area contributed by atoms with E-state index in [9.17, 15) is 14.0 Å². The number of hydrogen-bond acceptors (Lipinski definition) is 2. The van der Waals surface area contributed by atoms with Crippen LogP contribution in [0.1, 0.15) is 19.4 Å². The van der Waals surface area contributed by atoms with Crippen molar-refractivity contribution in [1.82, 2.24) is 10.6 Å². The Labute approximate surface area is 99.2 Å². The quantitative estimate of drug-likeness (QED) is 0.821. The zero-order valence-corrected chi connectivity index (χ0v) is 9.79. The molecule has 17 heavy (non-hydrogen) atoms. The maximum absolute atomic E-state index is 12.6. The van der Waals surface area contributed by atoms with Gasteiger partial charge in [-0.3, -0.25) is 9.59 Å². The molecule has 0 aromatic heterocycles. The van der Waals surface area contributed by atoms with E-state index in [1.54, 1.807) is 19.1 Å². The molecule has 0 aliphatic carbocycles. The van der Waals surface area contributed by atoms with Gasteiger partial charge in [-0.05, 0) is 24.6 Å². The van der Waals surface area contributed by atoms with Crippen molar-refractivity contribution < 1.29 is 14.0 Å². The summed E-state index contributed by atoms with van der Waals surface area (Å²) in [6.45, 7) is 3.26.